The smallest absolute Gasteiger partial charge is 0.462 e. The van der Waals surface area contributed by atoms with Gasteiger partial charge in [-0.25, -0.2) is 9.13 Å². The number of rotatable bonds is 40. The van der Waals surface area contributed by atoms with Gasteiger partial charge in [0, 0.05) is 12.8 Å². The number of esters is 2. The van der Waals surface area contributed by atoms with Gasteiger partial charge in [-0.1, -0.05) is 128 Å². The van der Waals surface area contributed by atoms with Gasteiger partial charge in [0.15, 0.2) is 6.10 Å². The van der Waals surface area contributed by atoms with Crippen LogP contribution in [0.15, 0.2) is 24.3 Å². The standard InChI is InChI=1S/C40H76O13P2/c1-3-5-7-9-11-13-15-17-18-20-21-23-25-27-29-31-39(42)49-35-38(36-52-55(47,48)51-34-37(41)33-50-54(44,45)46)53-40(43)32-30-28-26-24-22-19-16-14-12-10-8-6-4-2/h14,16-18,37-38,41H,3-13,15,19-36H2,1-2H3,(H,47,48)(H2,44,45,46). The number of allylic oxidation sites excluding steroid dienone is 4. The molecule has 55 heavy (non-hydrogen) atoms. The number of carbonyl (C=O) groups is 2. The SMILES string of the molecule is CCCCCCC=CCCCCCCCC(=O)OC(COC(=O)CCCCCCCC=CCCCCCCCC)COP(=O)(O)OCC(O)COP(=O)(O)O. The van der Waals surface area contributed by atoms with Crippen molar-refractivity contribution < 1.29 is 61.6 Å². The number of phosphoric ester groups is 2. The van der Waals surface area contributed by atoms with Crippen LogP contribution >= 0.6 is 15.6 Å². The molecule has 15 heteroatoms. The number of phosphoric acid groups is 2. The second kappa shape index (κ2) is 36.9. The highest BCUT2D eigenvalue weighted by atomic mass is 31.2. The normalized spacial score (nSPS) is 14.4. The van der Waals surface area contributed by atoms with E-state index in [0.717, 1.165) is 77.0 Å². The Balaban J connectivity index is 4.55. The second-order valence-electron chi connectivity index (χ2n) is 14.3. The average Bonchev–Trinajstić information content (AvgIpc) is 3.14. The highest BCUT2D eigenvalue weighted by molar-refractivity contribution is 7.47. The minimum absolute atomic E-state index is 0.121. The van der Waals surface area contributed by atoms with E-state index in [2.05, 4.69) is 47.2 Å². The van der Waals surface area contributed by atoms with Crippen LogP contribution in [0, 0.1) is 0 Å². The summed E-state index contributed by atoms with van der Waals surface area (Å²) in [6.07, 6.45) is 33.1. The molecule has 0 spiro atoms. The van der Waals surface area contributed by atoms with Crippen molar-refractivity contribution in [3.63, 3.8) is 0 Å². The number of ether oxygens (including phenoxy) is 2. The van der Waals surface area contributed by atoms with Gasteiger partial charge in [0.1, 0.15) is 12.7 Å². The second-order valence-corrected chi connectivity index (χ2v) is 16.9. The Kier molecular flexibility index (Phi) is 36.0. The maximum Gasteiger partial charge on any atom is 0.472 e. The Morgan fingerprint density at radius 2 is 0.891 bits per heavy atom. The summed E-state index contributed by atoms with van der Waals surface area (Å²) in [6, 6.07) is 0. The summed E-state index contributed by atoms with van der Waals surface area (Å²) in [7, 11) is -9.66. The Labute approximate surface area is 332 Å². The fourth-order valence-corrected chi connectivity index (χ4v) is 6.73. The number of aliphatic hydroxyl groups excluding tert-OH is 1. The van der Waals surface area contributed by atoms with Crippen LogP contribution in [0.2, 0.25) is 0 Å². The predicted octanol–water partition coefficient (Wildman–Crippen LogP) is 10.3. The van der Waals surface area contributed by atoms with Gasteiger partial charge >= 0.3 is 27.6 Å². The molecule has 0 bridgehead atoms. The van der Waals surface area contributed by atoms with Crippen LogP contribution in [-0.2, 0) is 41.8 Å². The van der Waals surface area contributed by atoms with Crippen LogP contribution in [0.25, 0.3) is 0 Å². The molecule has 13 nitrogen and oxygen atoms in total. The fraction of sp³-hybridized carbons (Fsp3) is 0.850. The molecule has 4 N–H and O–H groups in total. The molecule has 0 aromatic heterocycles. The first-order chi connectivity index (χ1) is 26.4. The summed E-state index contributed by atoms with van der Waals surface area (Å²) in [4.78, 5) is 52.6. The minimum Gasteiger partial charge on any atom is -0.462 e. The summed E-state index contributed by atoms with van der Waals surface area (Å²) in [5.41, 5.74) is 0. The first kappa shape index (κ1) is 53.6. The molecular formula is C40H76O13P2. The van der Waals surface area contributed by atoms with Crippen molar-refractivity contribution in [1.82, 2.24) is 0 Å². The highest BCUT2D eigenvalue weighted by Crippen LogP contribution is 2.43. The third kappa shape index (κ3) is 40.6. The van der Waals surface area contributed by atoms with E-state index in [1.165, 1.54) is 64.2 Å². The first-order valence-electron chi connectivity index (χ1n) is 21.0. The maximum absolute atomic E-state index is 12.6. The number of hydrogen-bond acceptors (Lipinski definition) is 10. The molecule has 0 saturated heterocycles. The lowest BCUT2D eigenvalue weighted by atomic mass is 10.1. The topological polar surface area (TPSA) is 195 Å². The molecule has 0 aromatic carbocycles. The summed E-state index contributed by atoms with van der Waals surface area (Å²) in [6.45, 7) is 1.72. The fourth-order valence-electron chi connectivity index (χ4n) is 5.57. The van der Waals surface area contributed by atoms with Crippen LogP contribution in [-0.4, -0.2) is 70.4 Å². The predicted molar refractivity (Wildman–Crippen MR) is 216 cm³/mol. The molecule has 0 rings (SSSR count). The van der Waals surface area contributed by atoms with Gasteiger partial charge in [0.05, 0.1) is 19.8 Å². The van der Waals surface area contributed by atoms with Crippen LogP contribution in [0.1, 0.15) is 181 Å². The molecule has 324 valence electrons. The monoisotopic (exact) mass is 826 g/mol. The lowest BCUT2D eigenvalue weighted by Gasteiger charge is -2.20. The molecule has 3 unspecified atom stereocenters. The molecule has 3 atom stereocenters. The number of carbonyl (C=O) groups excluding carboxylic acids is 2. The van der Waals surface area contributed by atoms with Gasteiger partial charge in [0.25, 0.3) is 0 Å². The molecule has 0 amide bonds. The zero-order valence-corrected chi connectivity index (χ0v) is 35.8. The molecule has 0 aromatic rings. The number of unbranched alkanes of at least 4 members (excludes halogenated alkanes) is 20. The van der Waals surface area contributed by atoms with E-state index in [1.54, 1.807) is 0 Å². The van der Waals surface area contributed by atoms with Gasteiger partial charge in [-0.2, -0.15) is 0 Å². The molecule has 0 radical (unpaired) electrons. The van der Waals surface area contributed by atoms with Crippen molar-refractivity contribution in [2.75, 3.05) is 26.4 Å². The van der Waals surface area contributed by atoms with E-state index in [4.69, 9.17) is 23.8 Å². The third-order valence-electron chi connectivity index (χ3n) is 8.80. The van der Waals surface area contributed by atoms with Crippen molar-refractivity contribution in [2.45, 2.75) is 193 Å². The van der Waals surface area contributed by atoms with E-state index >= 15 is 0 Å². The van der Waals surface area contributed by atoms with Crippen LogP contribution in [0.5, 0.6) is 0 Å². The van der Waals surface area contributed by atoms with Crippen LogP contribution in [0.4, 0.5) is 0 Å². The number of aliphatic hydroxyl groups is 1. The lowest BCUT2D eigenvalue weighted by Crippen LogP contribution is -2.30. The molecule has 0 aliphatic rings. The number of hydrogen-bond donors (Lipinski definition) is 4. The Bertz CT molecular complexity index is 1080. The largest absolute Gasteiger partial charge is 0.472 e. The summed E-state index contributed by atoms with van der Waals surface area (Å²) in [5, 5.41) is 9.73. The van der Waals surface area contributed by atoms with E-state index < -0.39 is 59.6 Å². The van der Waals surface area contributed by atoms with Crippen molar-refractivity contribution >= 4 is 27.6 Å². The quantitative estimate of drug-likeness (QED) is 0.0197. The Hall–Kier alpha value is -1.40. The maximum atomic E-state index is 12.6. The minimum atomic E-state index is -4.86. The summed E-state index contributed by atoms with van der Waals surface area (Å²) >= 11 is 0. The van der Waals surface area contributed by atoms with Crippen molar-refractivity contribution in [3.05, 3.63) is 24.3 Å². The highest BCUT2D eigenvalue weighted by Gasteiger charge is 2.28. The van der Waals surface area contributed by atoms with Crippen molar-refractivity contribution in [3.8, 4) is 0 Å². The summed E-state index contributed by atoms with van der Waals surface area (Å²) in [5.74, 6) is -1.05. The molecule has 0 aliphatic carbocycles. The Morgan fingerprint density at radius 1 is 0.509 bits per heavy atom. The lowest BCUT2D eigenvalue weighted by molar-refractivity contribution is -0.161. The van der Waals surface area contributed by atoms with Gasteiger partial charge < -0.3 is 29.3 Å². The average molecular weight is 827 g/mol. The van der Waals surface area contributed by atoms with Gasteiger partial charge in [0.2, 0.25) is 0 Å². The zero-order chi connectivity index (χ0) is 40.9. The Morgan fingerprint density at radius 3 is 1.36 bits per heavy atom. The van der Waals surface area contributed by atoms with Gasteiger partial charge in [-0.05, 0) is 64.2 Å². The van der Waals surface area contributed by atoms with Crippen LogP contribution < -0.4 is 0 Å². The van der Waals surface area contributed by atoms with Crippen molar-refractivity contribution in [2.24, 2.45) is 0 Å². The molecule has 0 aliphatic heterocycles. The first-order valence-corrected chi connectivity index (χ1v) is 24.1. The molecule has 0 heterocycles. The van der Waals surface area contributed by atoms with Gasteiger partial charge in [-0.15, -0.1) is 0 Å². The van der Waals surface area contributed by atoms with Crippen molar-refractivity contribution in [1.29, 1.82) is 0 Å². The van der Waals surface area contributed by atoms with Crippen LogP contribution in [0.3, 0.4) is 0 Å². The van der Waals surface area contributed by atoms with E-state index in [0.29, 0.717) is 12.8 Å². The molecular weight excluding hydrogens is 750 g/mol. The third-order valence-corrected chi connectivity index (χ3v) is 10.2. The zero-order valence-electron chi connectivity index (χ0n) is 34.0. The van der Waals surface area contributed by atoms with E-state index in [9.17, 15) is 28.7 Å². The molecule has 0 saturated carbocycles. The van der Waals surface area contributed by atoms with Gasteiger partial charge in [-0.3, -0.25) is 23.2 Å². The molecule has 0 fully saturated rings. The van der Waals surface area contributed by atoms with E-state index in [-0.39, 0.29) is 19.4 Å². The van der Waals surface area contributed by atoms with E-state index in [1.807, 2.05) is 0 Å². The summed E-state index contributed by atoms with van der Waals surface area (Å²) < 4.78 is 47.7.